The van der Waals surface area contributed by atoms with E-state index in [2.05, 4.69) is 69.1 Å². The van der Waals surface area contributed by atoms with Gasteiger partial charge in [0.1, 0.15) is 6.29 Å². The summed E-state index contributed by atoms with van der Waals surface area (Å²) in [5, 5.41) is 5.51. The number of rotatable bonds is 10. The summed E-state index contributed by atoms with van der Waals surface area (Å²) in [7, 11) is 4.22. The molecule has 0 aliphatic rings. The van der Waals surface area contributed by atoms with Crippen molar-refractivity contribution in [3.63, 3.8) is 0 Å². The standard InChI is InChI=1S/C17H36N4O2/c1-14(2)21(7)11-8-10-20(6)13-15(17(3,4)5)19-16(23)18-9-12-22/h12,14-15H,8-11,13H2,1-7H3,(H2,18,19,23). The van der Waals surface area contributed by atoms with Crippen LogP contribution in [0, 0.1) is 5.41 Å². The van der Waals surface area contributed by atoms with E-state index in [0.717, 1.165) is 26.1 Å². The maximum Gasteiger partial charge on any atom is 0.315 e. The van der Waals surface area contributed by atoms with Crippen LogP contribution >= 0.6 is 0 Å². The monoisotopic (exact) mass is 328 g/mol. The van der Waals surface area contributed by atoms with Crippen LogP contribution in [-0.4, -0.2) is 74.5 Å². The summed E-state index contributed by atoms with van der Waals surface area (Å²) in [6.45, 7) is 13.6. The van der Waals surface area contributed by atoms with Crippen LogP contribution in [0.25, 0.3) is 0 Å². The van der Waals surface area contributed by atoms with E-state index in [0.29, 0.717) is 12.3 Å². The lowest BCUT2D eigenvalue weighted by Gasteiger charge is -2.35. The Bertz CT molecular complexity index is 353. The maximum absolute atomic E-state index is 11.8. The number of carbonyl (C=O) groups is 2. The van der Waals surface area contributed by atoms with Crippen LogP contribution in [0.2, 0.25) is 0 Å². The Balaban J connectivity index is 4.37. The van der Waals surface area contributed by atoms with Gasteiger partial charge in [0.25, 0.3) is 0 Å². The second kappa shape index (κ2) is 10.6. The number of urea groups is 1. The van der Waals surface area contributed by atoms with Crippen molar-refractivity contribution < 1.29 is 9.59 Å². The van der Waals surface area contributed by atoms with Gasteiger partial charge in [-0.15, -0.1) is 0 Å². The van der Waals surface area contributed by atoms with E-state index in [1.807, 2.05) is 0 Å². The predicted octanol–water partition coefficient (Wildman–Crippen LogP) is 1.56. The summed E-state index contributed by atoms with van der Waals surface area (Å²) in [4.78, 5) is 26.7. The number of amides is 2. The van der Waals surface area contributed by atoms with E-state index in [4.69, 9.17) is 0 Å². The first-order chi connectivity index (χ1) is 10.6. The van der Waals surface area contributed by atoms with E-state index >= 15 is 0 Å². The Morgan fingerprint density at radius 3 is 2.26 bits per heavy atom. The molecule has 136 valence electrons. The van der Waals surface area contributed by atoms with Gasteiger partial charge in [0, 0.05) is 18.6 Å². The van der Waals surface area contributed by atoms with Gasteiger partial charge < -0.3 is 25.2 Å². The summed E-state index contributed by atoms with van der Waals surface area (Å²) in [5.74, 6) is 0. The minimum absolute atomic E-state index is 0.0157. The lowest BCUT2D eigenvalue weighted by Crippen LogP contribution is -2.53. The van der Waals surface area contributed by atoms with Gasteiger partial charge in [-0.1, -0.05) is 20.8 Å². The number of nitrogens with zero attached hydrogens (tertiary/aromatic N) is 2. The second-order valence-electron chi connectivity index (χ2n) is 7.63. The largest absolute Gasteiger partial charge is 0.334 e. The normalized spacial score (nSPS) is 13.5. The Labute approximate surface area is 142 Å². The van der Waals surface area contributed by atoms with Gasteiger partial charge in [0.15, 0.2) is 0 Å². The molecule has 0 saturated heterocycles. The molecule has 1 atom stereocenters. The molecule has 0 heterocycles. The fourth-order valence-electron chi connectivity index (χ4n) is 2.13. The van der Waals surface area contributed by atoms with Gasteiger partial charge in [-0.2, -0.15) is 0 Å². The zero-order valence-electron chi connectivity index (χ0n) is 16.0. The summed E-state index contributed by atoms with van der Waals surface area (Å²) in [6.07, 6.45) is 1.78. The van der Waals surface area contributed by atoms with Crippen molar-refractivity contribution in [3.8, 4) is 0 Å². The third kappa shape index (κ3) is 10.3. The summed E-state index contributed by atoms with van der Waals surface area (Å²) in [6, 6.07) is 0.290. The number of aldehydes is 1. The van der Waals surface area contributed by atoms with Gasteiger partial charge in [0.2, 0.25) is 0 Å². The number of carbonyl (C=O) groups excluding carboxylic acids is 2. The lowest BCUT2D eigenvalue weighted by atomic mass is 9.86. The molecule has 0 radical (unpaired) electrons. The van der Waals surface area contributed by atoms with E-state index in [9.17, 15) is 9.59 Å². The molecular weight excluding hydrogens is 292 g/mol. The molecule has 23 heavy (non-hydrogen) atoms. The molecule has 2 amide bonds. The van der Waals surface area contributed by atoms with Crippen LogP contribution < -0.4 is 10.6 Å². The zero-order chi connectivity index (χ0) is 18.0. The number of nitrogens with one attached hydrogen (secondary N) is 2. The zero-order valence-corrected chi connectivity index (χ0v) is 16.0. The van der Waals surface area contributed by atoms with Gasteiger partial charge in [-0.25, -0.2) is 4.79 Å². The minimum Gasteiger partial charge on any atom is -0.334 e. The van der Waals surface area contributed by atoms with Gasteiger partial charge in [-0.05, 0) is 52.9 Å². The second-order valence-corrected chi connectivity index (χ2v) is 7.63. The topological polar surface area (TPSA) is 64.7 Å². The molecule has 1 unspecified atom stereocenters. The minimum atomic E-state index is -0.287. The summed E-state index contributed by atoms with van der Waals surface area (Å²) < 4.78 is 0. The van der Waals surface area contributed by atoms with E-state index in [1.165, 1.54) is 0 Å². The quantitative estimate of drug-likeness (QED) is 0.597. The van der Waals surface area contributed by atoms with Crippen LogP contribution in [0.4, 0.5) is 4.79 Å². The molecule has 0 aliphatic carbocycles. The van der Waals surface area contributed by atoms with Crippen LogP contribution in [0.3, 0.4) is 0 Å². The van der Waals surface area contributed by atoms with Crippen molar-refractivity contribution in [1.82, 2.24) is 20.4 Å². The van der Waals surface area contributed by atoms with Crippen molar-refractivity contribution in [3.05, 3.63) is 0 Å². The van der Waals surface area contributed by atoms with Crippen LogP contribution in [0.5, 0.6) is 0 Å². The Morgan fingerprint density at radius 1 is 1.17 bits per heavy atom. The SMILES string of the molecule is CC(C)N(C)CCCN(C)CC(NC(=O)NCC=O)C(C)(C)C. The fraction of sp³-hybridized carbons (Fsp3) is 0.882. The maximum atomic E-state index is 11.8. The summed E-state index contributed by atoms with van der Waals surface area (Å²) in [5.41, 5.74) is -0.0541. The molecule has 2 N–H and O–H groups in total. The van der Waals surface area contributed by atoms with Gasteiger partial charge in [-0.3, -0.25) is 0 Å². The van der Waals surface area contributed by atoms with Gasteiger partial charge >= 0.3 is 6.03 Å². The smallest absolute Gasteiger partial charge is 0.315 e. The first-order valence-electron chi connectivity index (χ1n) is 8.44. The number of hydrogen-bond donors (Lipinski definition) is 2. The molecule has 0 aromatic carbocycles. The predicted molar refractivity (Wildman–Crippen MR) is 95.7 cm³/mol. The molecule has 0 aromatic rings. The van der Waals surface area contributed by atoms with Gasteiger partial charge in [0.05, 0.1) is 6.54 Å². The molecule has 0 saturated carbocycles. The average Bonchev–Trinajstić information content (AvgIpc) is 2.43. The van der Waals surface area contributed by atoms with E-state index in [1.54, 1.807) is 0 Å². The van der Waals surface area contributed by atoms with Crippen LogP contribution in [0.15, 0.2) is 0 Å². The van der Waals surface area contributed by atoms with Crippen molar-refractivity contribution in [2.45, 2.75) is 53.1 Å². The van der Waals surface area contributed by atoms with E-state index in [-0.39, 0.29) is 24.0 Å². The van der Waals surface area contributed by atoms with Crippen molar-refractivity contribution in [1.29, 1.82) is 0 Å². The third-order valence-corrected chi connectivity index (χ3v) is 4.12. The lowest BCUT2D eigenvalue weighted by molar-refractivity contribution is -0.107. The fourth-order valence-corrected chi connectivity index (χ4v) is 2.13. The molecule has 6 heteroatoms. The molecule has 0 rings (SSSR count). The highest BCUT2D eigenvalue weighted by Gasteiger charge is 2.27. The molecule has 0 aromatic heterocycles. The highest BCUT2D eigenvalue weighted by Crippen LogP contribution is 2.20. The first kappa shape index (κ1) is 21.9. The molecular formula is C17H36N4O2. The highest BCUT2D eigenvalue weighted by molar-refractivity contribution is 5.76. The van der Waals surface area contributed by atoms with Crippen LogP contribution in [0.1, 0.15) is 41.0 Å². The molecule has 0 fully saturated rings. The molecule has 6 nitrogen and oxygen atoms in total. The molecule has 0 bridgehead atoms. The number of likely N-dealkylation sites (N-methyl/N-ethyl adjacent to an activating group) is 1. The Morgan fingerprint density at radius 2 is 1.78 bits per heavy atom. The average molecular weight is 329 g/mol. The Kier molecular flexibility index (Phi) is 10.1. The Hall–Kier alpha value is -1.14. The van der Waals surface area contributed by atoms with E-state index < -0.39 is 0 Å². The third-order valence-electron chi connectivity index (χ3n) is 4.12. The highest BCUT2D eigenvalue weighted by atomic mass is 16.2. The summed E-state index contributed by atoms with van der Waals surface area (Å²) >= 11 is 0. The molecule has 0 aliphatic heterocycles. The first-order valence-corrected chi connectivity index (χ1v) is 8.44. The number of hydrogen-bond acceptors (Lipinski definition) is 4. The van der Waals surface area contributed by atoms with Crippen molar-refractivity contribution in [2.75, 3.05) is 40.3 Å². The van der Waals surface area contributed by atoms with Crippen molar-refractivity contribution >= 4 is 12.3 Å². The van der Waals surface area contributed by atoms with Crippen LogP contribution in [-0.2, 0) is 4.79 Å². The molecule has 0 spiro atoms. The van der Waals surface area contributed by atoms with Crippen molar-refractivity contribution in [2.24, 2.45) is 5.41 Å².